The van der Waals surface area contributed by atoms with Crippen LogP contribution < -0.4 is 0 Å². The van der Waals surface area contributed by atoms with Gasteiger partial charge in [-0.05, 0) is 15.9 Å². The van der Waals surface area contributed by atoms with Crippen molar-refractivity contribution in [2.24, 2.45) is 9.98 Å². The predicted octanol–water partition coefficient (Wildman–Crippen LogP) is 0.275. The molecule has 0 aromatic heterocycles. The van der Waals surface area contributed by atoms with E-state index < -0.39 is 10.5 Å². The normalized spacial score (nSPS) is 20.6. The van der Waals surface area contributed by atoms with Crippen LogP contribution in [0.2, 0.25) is 0 Å². The van der Waals surface area contributed by atoms with E-state index in [1.165, 1.54) is 12.4 Å². The summed E-state index contributed by atoms with van der Waals surface area (Å²) in [4.78, 5) is 17.3. The molecule has 0 saturated heterocycles. The van der Waals surface area contributed by atoms with Crippen LogP contribution in [0.5, 0.6) is 0 Å². The summed E-state index contributed by atoms with van der Waals surface area (Å²) in [6, 6.07) is 0. The Morgan fingerprint density at radius 1 is 1.56 bits per heavy atom. The lowest BCUT2D eigenvalue weighted by Crippen LogP contribution is -2.24. The van der Waals surface area contributed by atoms with E-state index in [2.05, 4.69) is 25.9 Å². The molecule has 0 aromatic rings. The van der Waals surface area contributed by atoms with Crippen molar-refractivity contribution < 1.29 is 9.90 Å². The lowest BCUT2D eigenvalue weighted by atomic mass is 10.5. The number of rotatable bonds is 1. The van der Waals surface area contributed by atoms with E-state index in [1.807, 2.05) is 0 Å². The summed E-state index contributed by atoms with van der Waals surface area (Å²) >= 11 is 2.81. The molecule has 0 spiro atoms. The molecule has 1 rings (SSSR count). The molecule has 1 aliphatic rings. The van der Waals surface area contributed by atoms with Crippen LogP contribution in [0.4, 0.5) is 0 Å². The lowest BCUT2D eigenvalue weighted by Gasteiger charge is -2.06. The Kier molecular flexibility index (Phi) is 1.36. The highest BCUT2D eigenvalue weighted by atomic mass is 79.9. The molecule has 0 bridgehead atoms. The second kappa shape index (κ2) is 1.91. The van der Waals surface area contributed by atoms with E-state index in [0.717, 1.165) is 0 Å². The van der Waals surface area contributed by atoms with Gasteiger partial charge < -0.3 is 5.11 Å². The number of aliphatic imine (C=N–C) groups is 2. The molecule has 5 heteroatoms. The van der Waals surface area contributed by atoms with Gasteiger partial charge in [0.25, 0.3) is 0 Å². The average molecular weight is 191 g/mol. The standard InChI is InChI=1S/C4H3BrN2O2/c5-4(3(8)9)6-1-2-7-4/h1-2H,(H,8,9). The monoisotopic (exact) mass is 190 g/mol. The molecule has 0 saturated carbocycles. The first-order valence-corrected chi connectivity index (χ1v) is 2.96. The number of carbonyl (C=O) groups is 1. The molecule has 0 atom stereocenters. The molecule has 0 aliphatic carbocycles. The Balaban J connectivity index is 2.88. The second-order valence-electron chi connectivity index (χ2n) is 1.45. The van der Waals surface area contributed by atoms with Crippen LogP contribution in [0.25, 0.3) is 0 Å². The number of carboxylic acids is 1. The summed E-state index contributed by atoms with van der Waals surface area (Å²) in [6.07, 6.45) is 2.67. The Hall–Kier alpha value is -0.710. The van der Waals surface area contributed by atoms with Crippen LogP contribution in [-0.4, -0.2) is 28.1 Å². The molecule has 4 nitrogen and oxygen atoms in total. The van der Waals surface area contributed by atoms with Crippen LogP contribution in [0, 0.1) is 0 Å². The number of nitrogens with zero attached hydrogens (tertiary/aromatic N) is 2. The summed E-state index contributed by atoms with van der Waals surface area (Å²) < 4.78 is -1.44. The molecule has 1 heterocycles. The van der Waals surface area contributed by atoms with Crippen LogP contribution in [0.15, 0.2) is 9.98 Å². The maximum Gasteiger partial charge on any atom is 0.366 e. The Morgan fingerprint density at radius 3 is 2.22 bits per heavy atom. The van der Waals surface area contributed by atoms with Crippen molar-refractivity contribution in [1.29, 1.82) is 0 Å². The third-order valence-corrected chi connectivity index (χ3v) is 1.58. The van der Waals surface area contributed by atoms with Gasteiger partial charge in [0.2, 0.25) is 0 Å². The Bertz CT molecular complexity index is 187. The summed E-state index contributed by atoms with van der Waals surface area (Å²) in [5, 5.41) is 8.40. The fraction of sp³-hybridized carbons (Fsp3) is 0.250. The van der Waals surface area contributed by atoms with Gasteiger partial charge in [-0.25, -0.2) is 14.8 Å². The zero-order valence-corrected chi connectivity index (χ0v) is 5.87. The highest BCUT2D eigenvalue weighted by molar-refractivity contribution is 9.10. The molecule has 9 heavy (non-hydrogen) atoms. The number of aliphatic carboxylic acids is 1. The number of halogens is 1. The first-order chi connectivity index (χ1) is 4.15. The van der Waals surface area contributed by atoms with Gasteiger partial charge in [-0.3, -0.25) is 0 Å². The maximum absolute atomic E-state index is 10.2. The zero-order valence-electron chi connectivity index (χ0n) is 4.28. The van der Waals surface area contributed by atoms with Gasteiger partial charge >= 0.3 is 10.5 Å². The highest BCUT2D eigenvalue weighted by Crippen LogP contribution is 2.23. The van der Waals surface area contributed by atoms with E-state index in [4.69, 9.17) is 5.11 Å². The van der Waals surface area contributed by atoms with E-state index in [1.54, 1.807) is 0 Å². The predicted molar refractivity (Wildman–Crippen MR) is 36.3 cm³/mol. The molecule has 48 valence electrons. The second-order valence-corrected chi connectivity index (χ2v) is 2.55. The number of hydrogen-bond acceptors (Lipinski definition) is 3. The van der Waals surface area contributed by atoms with Crippen LogP contribution in [0.3, 0.4) is 0 Å². The number of carboxylic acid groups (broad SMARTS) is 1. The molecule has 0 unspecified atom stereocenters. The molecule has 1 N–H and O–H groups in total. The first-order valence-electron chi connectivity index (χ1n) is 2.16. The average Bonchev–Trinajstić information content (AvgIpc) is 2.16. The molecule has 0 aromatic carbocycles. The van der Waals surface area contributed by atoms with Crippen molar-refractivity contribution in [1.82, 2.24) is 0 Å². The van der Waals surface area contributed by atoms with Gasteiger partial charge in [0.1, 0.15) is 0 Å². The lowest BCUT2D eigenvalue weighted by molar-refractivity contribution is -0.139. The minimum atomic E-state index is -1.44. The quantitative estimate of drug-likeness (QED) is 0.477. The minimum absolute atomic E-state index is 1.10. The fourth-order valence-electron chi connectivity index (χ4n) is 0.408. The number of hydrogen-bond donors (Lipinski definition) is 1. The maximum atomic E-state index is 10.2. The molecule has 0 radical (unpaired) electrons. The van der Waals surface area contributed by atoms with Gasteiger partial charge in [0.05, 0.1) is 0 Å². The third kappa shape index (κ3) is 0.999. The summed E-state index contributed by atoms with van der Waals surface area (Å²) in [7, 11) is 0. The topological polar surface area (TPSA) is 62.0 Å². The third-order valence-electron chi connectivity index (χ3n) is 0.830. The van der Waals surface area contributed by atoms with Crippen molar-refractivity contribution in [2.75, 3.05) is 0 Å². The smallest absolute Gasteiger partial charge is 0.366 e. The van der Waals surface area contributed by atoms with Crippen molar-refractivity contribution in [2.45, 2.75) is 4.57 Å². The van der Waals surface area contributed by atoms with Gasteiger partial charge in [-0.2, -0.15) is 0 Å². The van der Waals surface area contributed by atoms with E-state index in [9.17, 15) is 4.79 Å². The van der Waals surface area contributed by atoms with E-state index in [0.29, 0.717) is 0 Å². The van der Waals surface area contributed by atoms with Gasteiger partial charge in [0, 0.05) is 12.4 Å². The van der Waals surface area contributed by atoms with E-state index in [-0.39, 0.29) is 0 Å². The van der Waals surface area contributed by atoms with Gasteiger partial charge in [0.15, 0.2) is 0 Å². The van der Waals surface area contributed by atoms with Crippen LogP contribution in [-0.2, 0) is 4.79 Å². The molecule has 1 aliphatic heterocycles. The molecule has 0 fully saturated rings. The summed E-state index contributed by atoms with van der Waals surface area (Å²) in [5.41, 5.74) is 0. The summed E-state index contributed by atoms with van der Waals surface area (Å²) in [5.74, 6) is -1.10. The van der Waals surface area contributed by atoms with Crippen LogP contribution >= 0.6 is 15.9 Å². The Labute approximate surface area is 59.4 Å². The number of alkyl halides is 1. The molecular formula is C4H3BrN2O2. The van der Waals surface area contributed by atoms with Crippen molar-refractivity contribution in [3.63, 3.8) is 0 Å². The summed E-state index contributed by atoms with van der Waals surface area (Å²) in [6.45, 7) is 0. The van der Waals surface area contributed by atoms with E-state index >= 15 is 0 Å². The van der Waals surface area contributed by atoms with Crippen molar-refractivity contribution >= 4 is 34.3 Å². The zero-order chi connectivity index (χ0) is 6.91. The molecule has 0 amide bonds. The van der Waals surface area contributed by atoms with Gasteiger partial charge in [-0.15, -0.1) is 0 Å². The first kappa shape index (κ1) is 6.41. The SMILES string of the molecule is O=C(O)C1(Br)N=CC=N1. The Morgan fingerprint density at radius 2 is 2.00 bits per heavy atom. The van der Waals surface area contributed by atoms with Crippen molar-refractivity contribution in [3.05, 3.63) is 0 Å². The molecular weight excluding hydrogens is 188 g/mol. The van der Waals surface area contributed by atoms with Crippen LogP contribution in [0.1, 0.15) is 0 Å². The van der Waals surface area contributed by atoms with Crippen molar-refractivity contribution in [3.8, 4) is 0 Å². The highest BCUT2D eigenvalue weighted by Gasteiger charge is 2.34. The minimum Gasteiger partial charge on any atom is -0.477 e. The fourth-order valence-corrected chi connectivity index (χ4v) is 0.644. The van der Waals surface area contributed by atoms with Gasteiger partial charge in [-0.1, -0.05) is 0 Å². The largest absolute Gasteiger partial charge is 0.477 e.